The van der Waals surface area contributed by atoms with Crippen LogP contribution in [-0.4, -0.2) is 48.2 Å². The largest absolute Gasteiger partial charge is 0.492 e. The molecule has 1 aliphatic heterocycles. The van der Waals surface area contributed by atoms with Crippen LogP contribution in [0.3, 0.4) is 0 Å². The first-order valence-corrected chi connectivity index (χ1v) is 8.16. The molecule has 2 fully saturated rings. The van der Waals surface area contributed by atoms with Crippen LogP contribution in [0.1, 0.15) is 19.3 Å². The lowest BCUT2D eigenvalue weighted by molar-refractivity contribution is -0.149. The van der Waals surface area contributed by atoms with E-state index in [0.717, 1.165) is 12.8 Å². The highest BCUT2D eigenvalue weighted by Crippen LogP contribution is 2.48. The summed E-state index contributed by atoms with van der Waals surface area (Å²) in [6.45, 7) is 1.34. The number of carbonyl (C=O) groups is 2. The van der Waals surface area contributed by atoms with Crippen LogP contribution in [0.2, 0.25) is 0 Å². The van der Waals surface area contributed by atoms with E-state index in [4.69, 9.17) is 4.74 Å². The number of nitrogens with zero attached hydrogens (tertiary/aromatic N) is 1. The van der Waals surface area contributed by atoms with Gasteiger partial charge in [0.25, 0.3) is 0 Å². The number of halogens is 1. The highest BCUT2D eigenvalue weighted by atomic mass is 19.1. The molecule has 0 unspecified atom stereocenters. The van der Waals surface area contributed by atoms with E-state index in [9.17, 15) is 19.1 Å². The molecule has 1 saturated heterocycles. The number of fused-ring (bicyclic) bond motifs is 1. The third-order valence-corrected chi connectivity index (χ3v) is 5.04. The number of nitrogens with one attached hydrogen (secondary N) is 1. The summed E-state index contributed by atoms with van der Waals surface area (Å²) in [6.07, 6.45) is 2.42. The Labute approximate surface area is 139 Å². The summed E-state index contributed by atoms with van der Waals surface area (Å²) in [5.41, 5.74) is -0.762. The third-order valence-electron chi connectivity index (χ3n) is 5.04. The van der Waals surface area contributed by atoms with Gasteiger partial charge in [0.05, 0.1) is 12.0 Å². The summed E-state index contributed by atoms with van der Waals surface area (Å²) >= 11 is 0. The molecule has 2 N–H and O–H groups in total. The molecule has 1 aliphatic carbocycles. The van der Waals surface area contributed by atoms with Crippen LogP contribution in [-0.2, 0) is 4.79 Å². The van der Waals surface area contributed by atoms with E-state index in [0.29, 0.717) is 25.3 Å². The fourth-order valence-corrected chi connectivity index (χ4v) is 3.76. The number of carboxylic acids is 1. The predicted octanol–water partition coefficient (Wildman–Crippen LogP) is 2.10. The van der Waals surface area contributed by atoms with Crippen LogP contribution in [0.25, 0.3) is 0 Å². The highest BCUT2D eigenvalue weighted by molar-refractivity contribution is 5.80. The molecule has 130 valence electrons. The van der Waals surface area contributed by atoms with Crippen LogP contribution in [0, 0.1) is 17.2 Å². The van der Waals surface area contributed by atoms with E-state index in [-0.39, 0.29) is 30.9 Å². The van der Waals surface area contributed by atoms with Crippen molar-refractivity contribution in [1.29, 1.82) is 0 Å². The molecule has 0 spiro atoms. The quantitative estimate of drug-likeness (QED) is 0.807. The van der Waals surface area contributed by atoms with Crippen molar-refractivity contribution >= 4 is 12.0 Å². The number of aliphatic carboxylic acids is 1. The van der Waals surface area contributed by atoms with Crippen molar-refractivity contribution in [1.82, 2.24) is 10.2 Å². The molecule has 0 aromatic heterocycles. The zero-order chi connectivity index (χ0) is 17.2. The number of carbonyl (C=O) groups excluding carboxylic acids is 1. The fourth-order valence-electron chi connectivity index (χ4n) is 3.76. The predicted molar refractivity (Wildman–Crippen MR) is 84.3 cm³/mol. The van der Waals surface area contributed by atoms with Crippen molar-refractivity contribution in [2.24, 2.45) is 11.3 Å². The molecular formula is C17H21FN2O4. The SMILES string of the molecule is O=C(NCCOc1ccc(F)cc1)N1C[C@@H]2CCC[C@@]2(C(=O)O)C1. The van der Waals surface area contributed by atoms with Crippen molar-refractivity contribution < 1.29 is 23.8 Å². The minimum atomic E-state index is -0.792. The number of benzene rings is 1. The molecule has 1 aromatic carbocycles. The summed E-state index contributed by atoms with van der Waals surface area (Å²) in [5, 5.41) is 12.3. The van der Waals surface area contributed by atoms with Crippen molar-refractivity contribution in [3.63, 3.8) is 0 Å². The molecule has 2 atom stereocenters. The first-order chi connectivity index (χ1) is 11.5. The molecule has 0 bridgehead atoms. The Morgan fingerprint density at radius 2 is 2.12 bits per heavy atom. The Morgan fingerprint density at radius 3 is 2.79 bits per heavy atom. The summed E-state index contributed by atoms with van der Waals surface area (Å²) in [5.74, 6) is -0.537. The number of rotatable bonds is 5. The minimum Gasteiger partial charge on any atom is -0.492 e. The van der Waals surface area contributed by atoms with Gasteiger partial charge in [-0.1, -0.05) is 6.42 Å². The average Bonchev–Trinajstić information content (AvgIpc) is 3.11. The number of likely N-dealkylation sites (tertiary alicyclic amines) is 1. The lowest BCUT2D eigenvalue weighted by Gasteiger charge is -2.23. The van der Waals surface area contributed by atoms with Gasteiger partial charge in [0.1, 0.15) is 18.2 Å². The smallest absolute Gasteiger partial charge is 0.317 e. The molecule has 2 amide bonds. The Hall–Kier alpha value is -2.31. The zero-order valence-electron chi connectivity index (χ0n) is 13.3. The van der Waals surface area contributed by atoms with Crippen molar-refractivity contribution in [3.8, 4) is 5.75 Å². The molecule has 1 saturated carbocycles. The molecule has 24 heavy (non-hydrogen) atoms. The second kappa shape index (κ2) is 6.67. The molecule has 1 heterocycles. The molecule has 7 heteroatoms. The van der Waals surface area contributed by atoms with Gasteiger partial charge < -0.3 is 20.1 Å². The van der Waals surface area contributed by atoms with Gasteiger partial charge in [-0.05, 0) is 43.0 Å². The lowest BCUT2D eigenvalue weighted by Crippen LogP contribution is -2.42. The maximum absolute atomic E-state index is 12.8. The van der Waals surface area contributed by atoms with Gasteiger partial charge in [-0.25, -0.2) is 9.18 Å². The number of urea groups is 1. The van der Waals surface area contributed by atoms with Gasteiger partial charge in [-0.2, -0.15) is 0 Å². The van der Waals surface area contributed by atoms with Crippen LogP contribution >= 0.6 is 0 Å². The van der Waals surface area contributed by atoms with Crippen LogP contribution in [0.15, 0.2) is 24.3 Å². The van der Waals surface area contributed by atoms with Gasteiger partial charge in [-0.15, -0.1) is 0 Å². The molecular weight excluding hydrogens is 315 g/mol. The van der Waals surface area contributed by atoms with E-state index < -0.39 is 11.4 Å². The van der Waals surface area contributed by atoms with Gasteiger partial charge in [-0.3, -0.25) is 4.79 Å². The van der Waals surface area contributed by atoms with E-state index in [1.165, 1.54) is 24.3 Å². The number of ether oxygens (including phenoxy) is 1. The van der Waals surface area contributed by atoms with Gasteiger partial charge in [0, 0.05) is 13.1 Å². The summed E-state index contributed by atoms with van der Waals surface area (Å²) in [4.78, 5) is 25.4. The average molecular weight is 336 g/mol. The number of hydrogen-bond donors (Lipinski definition) is 2. The highest BCUT2D eigenvalue weighted by Gasteiger charge is 2.55. The first-order valence-electron chi connectivity index (χ1n) is 8.16. The van der Waals surface area contributed by atoms with Gasteiger partial charge in [0.2, 0.25) is 0 Å². The second-order valence-electron chi connectivity index (χ2n) is 6.47. The van der Waals surface area contributed by atoms with E-state index in [1.807, 2.05) is 0 Å². The standard InChI is InChI=1S/C17H21FN2O4/c18-13-3-5-14(6-4-13)24-9-8-19-16(23)20-10-12-2-1-7-17(12,11-20)15(21)22/h3-6,12H,1-2,7-11H2,(H,19,23)(H,21,22)/t12-,17+/m0/s1. The fraction of sp³-hybridized carbons (Fsp3) is 0.529. The minimum absolute atomic E-state index is 0.0521. The summed E-state index contributed by atoms with van der Waals surface area (Å²) in [6, 6.07) is 5.41. The number of hydrogen-bond acceptors (Lipinski definition) is 3. The van der Waals surface area contributed by atoms with Crippen LogP contribution in [0.5, 0.6) is 5.75 Å². The molecule has 2 aliphatic rings. The molecule has 6 nitrogen and oxygen atoms in total. The van der Waals surface area contributed by atoms with Gasteiger partial charge >= 0.3 is 12.0 Å². The Bertz CT molecular complexity index is 622. The van der Waals surface area contributed by atoms with Gasteiger partial charge in [0.15, 0.2) is 0 Å². The van der Waals surface area contributed by atoms with Crippen molar-refractivity contribution in [3.05, 3.63) is 30.1 Å². The van der Waals surface area contributed by atoms with E-state index >= 15 is 0 Å². The topological polar surface area (TPSA) is 78.9 Å². The third kappa shape index (κ3) is 3.16. The molecule has 1 aromatic rings. The van der Waals surface area contributed by atoms with Crippen molar-refractivity contribution in [2.75, 3.05) is 26.2 Å². The summed E-state index contributed by atoms with van der Waals surface area (Å²) < 4.78 is 18.2. The zero-order valence-corrected chi connectivity index (χ0v) is 13.3. The number of amides is 2. The Kier molecular flexibility index (Phi) is 4.59. The monoisotopic (exact) mass is 336 g/mol. The first kappa shape index (κ1) is 16.5. The molecule has 3 rings (SSSR count). The summed E-state index contributed by atoms with van der Waals surface area (Å²) in [7, 11) is 0. The molecule has 0 radical (unpaired) electrons. The Morgan fingerprint density at radius 1 is 1.38 bits per heavy atom. The normalized spacial score (nSPS) is 25.4. The van der Waals surface area contributed by atoms with E-state index in [1.54, 1.807) is 4.90 Å². The van der Waals surface area contributed by atoms with Crippen LogP contribution < -0.4 is 10.1 Å². The van der Waals surface area contributed by atoms with E-state index in [2.05, 4.69) is 5.32 Å². The maximum atomic E-state index is 12.8. The second-order valence-corrected chi connectivity index (χ2v) is 6.47. The maximum Gasteiger partial charge on any atom is 0.317 e. The number of carboxylic acid groups (broad SMARTS) is 1. The lowest BCUT2D eigenvalue weighted by atomic mass is 9.81. The Balaban J connectivity index is 1.45. The van der Waals surface area contributed by atoms with Crippen LogP contribution in [0.4, 0.5) is 9.18 Å². The van der Waals surface area contributed by atoms with Crippen molar-refractivity contribution in [2.45, 2.75) is 19.3 Å².